The molecule has 0 fully saturated rings. The molecule has 7 nitrogen and oxygen atoms in total. The smallest absolute Gasteiger partial charge is 0.273 e. The summed E-state index contributed by atoms with van der Waals surface area (Å²) < 4.78 is 4.89. The summed E-state index contributed by atoms with van der Waals surface area (Å²) in [4.78, 5) is 24.2. The zero-order valence-electron chi connectivity index (χ0n) is 11.9. The molecule has 3 rings (SSSR count). The van der Waals surface area contributed by atoms with Crippen molar-refractivity contribution in [2.75, 3.05) is 10.3 Å². The highest BCUT2D eigenvalue weighted by Gasteiger charge is 2.25. The second-order valence-electron chi connectivity index (χ2n) is 4.86. The highest BCUT2D eigenvalue weighted by Crippen LogP contribution is 2.20. The standard InChI is InChI=1S/C15H14N4O3/c1-10-9-13(18-22-10)16-15(21)12-7-8-14(20)19(17-12)11-5-3-2-4-6-11/h2-6,9H,7-8H2,1H3,(H,16,18,21). The molecule has 0 radical (unpaired) electrons. The van der Waals surface area contributed by atoms with Crippen molar-refractivity contribution >= 4 is 29.0 Å². The van der Waals surface area contributed by atoms with Gasteiger partial charge in [-0.15, -0.1) is 0 Å². The number of aryl methyl sites for hydroxylation is 1. The fourth-order valence-corrected chi connectivity index (χ4v) is 2.10. The Morgan fingerprint density at radius 2 is 2.05 bits per heavy atom. The van der Waals surface area contributed by atoms with Crippen LogP contribution in [0, 0.1) is 6.92 Å². The van der Waals surface area contributed by atoms with Crippen LogP contribution in [0.5, 0.6) is 0 Å². The van der Waals surface area contributed by atoms with E-state index in [1.807, 2.05) is 18.2 Å². The van der Waals surface area contributed by atoms with Gasteiger partial charge in [0.05, 0.1) is 5.69 Å². The summed E-state index contributed by atoms with van der Waals surface area (Å²) in [6.07, 6.45) is 0.532. The summed E-state index contributed by atoms with van der Waals surface area (Å²) in [7, 11) is 0. The summed E-state index contributed by atoms with van der Waals surface area (Å²) in [5.74, 6) is 0.400. The van der Waals surface area contributed by atoms with Crippen molar-refractivity contribution in [3.63, 3.8) is 0 Å². The van der Waals surface area contributed by atoms with Crippen LogP contribution < -0.4 is 10.3 Å². The molecule has 2 heterocycles. The first kappa shape index (κ1) is 14.0. The molecule has 0 bridgehead atoms. The molecule has 7 heteroatoms. The summed E-state index contributed by atoms with van der Waals surface area (Å²) in [6, 6.07) is 10.6. The fraction of sp³-hybridized carbons (Fsp3) is 0.200. The lowest BCUT2D eigenvalue weighted by Crippen LogP contribution is -2.36. The van der Waals surface area contributed by atoms with Crippen LogP contribution in [0.1, 0.15) is 18.6 Å². The Morgan fingerprint density at radius 1 is 1.27 bits per heavy atom. The molecule has 2 amide bonds. The van der Waals surface area contributed by atoms with Gasteiger partial charge in [-0.2, -0.15) is 5.10 Å². The molecular weight excluding hydrogens is 284 g/mol. The second-order valence-corrected chi connectivity index (χ2v) is 4.86. The number of carbonyl (C=O) groups is 2. The van der Waals surface area contributed by atoms with Gasteiger partial charge in [0, 0.05) is 18.9 Å². The van der Waals surface area contributed by atoms with Crippen LogP contribution in [0.25, 0.3) is 0 Å². The molecule has 0 unspecified atom stereocenters. The average molecular weight is 298 g/mol. The lowest BCUT2D eigenvalue weighted by molar-refractivity contribution is -0.118. The van der Waals surface area contributed by atoms with E-state index in [9.17, 15) is 9.59 Å². The molecule has 112 valence electrons. The predicted molar refractivity (Wildman–Crippen MR) is 80.5 cm³/mol. The topological polar surface area (TPSA) is 87.8 Å². The Balaban J connectivity index is 1.81. The number of carbonyl (C=O) groups excluding carboxylic acids is 2. The monoisotopic (exact) mass is 298 g/mol. The van der Waals surface area contributed by atoms with Gasteiger partial charge in [-0.3, -0.25) is 9.59 Å². The molecule has 22 heavy (non-hydrogen) atoms. The number of benzene rings is 1. The molecular formula is C15H14N4O3. The second kappa shape index (κ2) is 5.80. The van der Waals surface area contributed by atoms with Crippen LogP contribution in [0.3, 0.4) is 0 Å². The summed E-state index contributed by atoms with van der Waals surface area (Å²) in [5, 5.41) is 11.7. The third kappa shape index (κ3) is 2.88. The Morgan fingerprint density at radius 3 is 2.73 bits per heavy atom. The molecule has 2 aromatic rings. The average Bonchev–Trinajstić information content (AvgIpc) is 2.93. The molecule has 1 aromatic heterocycles. The van der Waals surface area contributed by atoms with E-state index in [1.54, 1.807) is 25.1 Å². The predicted octanol–water partition coefficient (Wildman–Crippen LogP) is 2.10. The van der Waals surface area contributed by atoms with E-state index in [0.29, 0.717) is 23.7 Å². The molecule has 1 N–H and O–H groups in total. The largest absolute Gasteiger partial charge is 0.360 e. The minimum absolute atomic E-state index is 0.139. The normalized spacial score (nSPS) is 14.7. The van der Waals surface area contributed by atoms with E-state index < -0.39 is 0 Å². The maximum Gasteiger partial charge on any atom is 0.273 e. The van der Waals surface area contributed by atoms with Crippen LogP contribution in [-0.4, -0.2) is 22.7 Å². The van der Waals surface area contributed by atoms with Crippen molar-refractivity contribution in [2.24, 2.45) is 5.10 Å². The number of aromatic nitrogens is 1. The van der Waals surface area contributed by atoms with Gasteiger partial charge in [-0.1, -0.05) is 23.4 Å². The number of rotatable bonds is 3. The quantitative estimate of drug-likeness (QED) is 0.940. The van der Waals surface area contributed by atoms with Crippen LogP contribution in [0.2, 0.25) is 0 Å². The zero-order valence-corrected chi connectivity index (χ0v) is 11.9. The van der Waals surface area contributed by atoms with Gasteiger partial charge in [0.2, 0.25) is 5.91 Å². The van der Waals surface area contributed by atoms with Crippen molar-refractivity contribution in [3.8, 4) is 0 Å². The molecule has 0 spiro atoms. The van der Waals surface area contributed by atoms with E-state index in [4.69, 9.17) is 4.52 Å². The van der Waals surface area contributed by atoms with Gasteiger partial charge in [0.1, 0.15) is 11.5 Å². The first-order valence-electron chi connectivity index (χ1n) is 6.83. The van der Waals surface area contributed by atoms with Crippen molar-refractivity contribution in [1.29, 1.82) is 0 Å². The number of amides is 2. The summed E-state index contributed by atoms with van der Waals surface area (Å²) in [5.41, 5.74) is 0.916. The van der Waals surface area contributed by atoms with Crippen LogP contribution >= 0.6 is 0 Å². The van der Waals surface area contributed by atoms with Crippen molar-refractivity contribution in [1.82, 2.24) is 5.16 Å². The number of hydrogen-bond acceptors (Lipinski definition) is 5. The molecule has 0 atom stereocenters. The van der Waals surface area contributed by atoms with Crippen molar-refractivity contribution < 1.29 is 14.1 Å². The lowest BCUT2D eigenvalue weighted by Gasteiger charge is -2.22. The van der Waals surface area contributed by atoms with Crippen LogP contribution in [-0.2, 0) is 9.59 Å². The molecule has 1 aromatic carbocycles. The minimum Gasteiger partial charge on any atom is -0.360 e. The van der Waals surface area contributed by atoms with Gasteiger partial charge in [0.25, 0.3) is 5.91 Å². The molecule has 1 aliphatic heterocycles. The number of hydrazone groups is 1. The van der Waals surface area contributed by atoms with Gasteiger partial charge in [-0.25, -0.2) is 5.01 Å². The first-order chi connectivity index (χ1) is 10.6. The molecule has 1 aliphatic rings. The molecule has 0 saturated carbocycles. The minimum atomic E-state index is -0.387. The van der Waals surface area contributed by atoms with Crippen LogP contribution in [0.15, 0.2) is 46.0 Å². The van der Waals surface area contributed by atoms with Crippen LogP contribution in [0.4, 0.5) is 11.5 Å². The third-order valence-corrected chi connectivity index (χ3v) is 3.17. The van der Waals surface area contributed by atoms with E-state index in [1.165, 1.54) is 5.01 Å². The summed E-state index contributed by atoms with van der Waals surface area (Å²) in [6.45, 7) is 1.73. The Labute approximate surface area is 126 Å². The summed E-state index contributed by atoms with van der Waals surface area (Å²) >= 11 is 0. The number of anilines is 2. The third-order valence-electron chi connectivity index (χ3n) is 3.17. The number of nitrogens with one attached hydrogen (secondary N) is 1. The Bertz CT molecular complexity index is 736. The fourth-order valence-electron chi connectivity index (χ4n) is 2.10. The van der Waals surface area contributed by atoms with E-state index >= 15 is 0 Å². The Kier molecular flexibility index (Phi) is 3.69. The van der Waals surface area contributed by atoms with Gasteiger partial charge in [-0.05, 0) is 19.1 Å². The Hall–Kier alpha value is -2.96. The van der Waals surface area contributed by atoms with Gasteiger partial charge in [0.15, 0.2) is 5.82 Å². The highest BCUT2D eigenvalue weighted by molar-refractivity contribution is 6.44. The van der Waals surface area contributed by atoms with Crippen molar-refractivity contribution in [2.45, 2.75) is 19.8 Å². The van der Waals surface area contributed by atoms with E-state index in [-0.39, 0.29) is 23.9 Å². The number of hydrogen-bond donors (Lipinski definition) is 1. The van der Waals surface area contributed by atoms with E-state index in [0.717, 1.165) is 0 Å². The van der Waals surface area contributed by atoms with Gasteiger partial charge < -0.3 is 9.84 Å². The van der Waals surface area contributed by atoms with E-state index in [2.05, 4.69) is 15.6 Å². The SMILES string of the molecule is Cc1cc(NC(=O)C2=NN(c3ccccc3)C(=O)CC2)no1. The van der Waals surface area contributed by atoms with Gasteiger partial charge >= 0.3 is 0 Å². The highest BCUT2D eigenvalue weighted by atomic mass is 16.5. The number of nitrogens with zero attached hydrogens (tertiary/aromatic N) is 3. The maximum absolute atomic E-state index is 12.2. The lowest BCUT2D eigenvalue weighted by atomic mass is 10.1. The molecule has 0 aliphatic carbocycles. The first-order valence-corrected chi connectivity index (χ1v) is 6.83. The number of para-hydroxylation sites is 1. The van der Waals surface area contributed by atoms with Crippen molar-refractivity contribution in [3.05, 3.63) is 42.2 Å². The zero-order chi connectivity index (χ0) is 15.5. The maximum atomic E-state index is 12.2. The molecule has 0 saturated heterocycles.